The first-order chi connectivity index (χ1) is 13.5. The van der Waals surface area contributed by atoms with Crippen molar-refractivity contribution >= 4 is 18.0 Å². The first kappa shape index (κ1) is 20.5. The van der Waals surface area contributed by atoms with Crippen molar-refractivity contribution in [1.29, 1.82) is 5.26 Å². The van der Waals surface area contributed by atoms with Crippen LogP contribution in [-0.2, 0) is 27.4 Å². The van der Waals surface area contributed by atoms with E-state index in [0.717, 1.165) is 5.56 Å². The molecule has 0 saturated heterocycles. The summed E-state index contributed by atoms with van der Waals surface area (Å²) >= 11 is 0. The number of nitrogens with one attached hydrogen (secondary N) is 2. The third-order valence-corrected chi connectivity index (χ3v) is 3.80. The van der Waals surface area contributed by atoms with Crippen LogP contribution < -0.4 is 10.6 Å². The van der Waals surface area contributed by atoms with Gasteiger partial charge in [0.15, 0.2) is 0 Å². The zero-order valence-electron chi connectivity index (χ0n) is 14.9. The van der Waals surface area contributed by atoms with Crippen LogP contribution in [0.1, 0.15) is 16.7 Å². The van der Waals surface area contributed by atoms with Crippen molar-refractivity contribution in [2.24, 2.45) is 0 Å². The lowest BCUT2D eigenvalue weighted by atomic mass is 10.0. The Morgan fingerprint density at radius 2 is 1.75 bits per heavy atom. The minimum atomic E-state index is -1.24. The standard InChI is InChI=1S/C20H19N3O5/c21-11-16-9-5-4-8-15(16)10-17(19(25)26)23-18(24)12-22-20(27)28-13-14-6-2-1-3-7-14/h1-9,17H,10,12-13H2,(H,22,27)(H,23,24)(H,25,26)/t17-/m0/s1. The summed E-state index contributed by atoms with van der Waals surface area (Å²) in [6.45, 7) is -0.381. The SMILES string of the molecule is N#Cc1ccccc1C[C@H](NC(=O)CNC(=O)OCc1ccccc1)C(=O)O. The number of benzene rings is 2. The van der Waals surface area contributed by atoms with Crippen molar-refractivity contribution in [2.45, 2.75) is 19.1 Å². The zero-order valence-corrected chi connectivity index (χ0v) is 14.9. The minimum Gasteiger partial charge on any atom is -0.480 e. The van der Waals surface area contributed by atoms with Crippen LogP contribution in [0.4, 0.5) is 4.79 Å². The van der Waals surface area contributed by atoms with Gasteiger partial charge in [0.1, 0.15) is 19.2 Å². The van der Waals surface area contributed by atoms with E-state index in [0.29, 0.717) is 11.1 Å². The zero-order chi connectivity index (χ0) is 20.4. The Kier molecular flexibility index (Phi) is 7.54. The molecule has 8 heteroatoms. The molecule has 8 nitrogen and oxygen atoms in total. The van der Waals surface area contributed by atoms with Crippen LogP contribution in [0.25, 0.3) is 0 Å². The van der Waals surface area contributed by atoms with Crippen LogP contribution in [0.2, 0.25) is 0 Å². The number of nitrogens with zero attached hydrogens (tertiary/aromatic N) is 1. The lowest BCUT2D eigenvalue weighted by Gasteiger charge is -2.15. The predicted octanol–water partition coefficient (Wildman–Crippen LogP) is 1.60. The maximum absolute atomic E-state index is 12.0. The monoisotopic (exact) mass is 381 g/mol. The fourth-order valence-electron chi connectivity index (χ4n) is 2.40. The van der Waals surface area contributed by atoms with Gasteiger partial charge < -0.3 is 20.5 Å². The van der Waals surface area contributed by atoms with Gasteiger partial charge in [-0.05, 0) is 17.2 Å². The van der Waals surface area contributed by atoms with Crippen LogP contribution >= 0.6 is 0 Å². The number of carboxylic acids is 1. The average Bonchev–Trinajstić information content (AvgIpc) is 2.71. The first-order valence-corrected chi connectivity index (χ1v) is 8.44. The van der Waals surface area contributed by atoms with Gasteiger partial charge in [0.25, 0.3) is 0 Å². The molecule has 0 saturated carbocycles. The fourth-order valence-corrected chi connectivity index (χ4v) is 2.40. The van der Waals surface area contributed by atoms with Gasteiger partial charge in [-0.3, -0.25) is 4.79 Å². The Hall–Kier alpha value is -3.86. The van der Waals surface area contributed by atoms with Gasteiger partial charge in [-0.15, -0.1) is 0 Å². The summed E-state index contributed by atoms with van der Waals surface area (Å²) in [5.41, 5.74) is 1.64. The minimum absolute atomic E-state index is 0.0523. The first-order valence-electron chi connectivity index (χ1n) is 8.44. The Morgan fingerprint density at radius 3 is 2.43 bits per heavy atom. The van der Waals surface area contributed by atoms with E-state index in [9.17, 15) is 19.5 Å². The average molecular weight is 381 g/mol. The van der Waals surface area contributed by atoms with E-state index in [1.54, 1.807) is 48.5 Å². The third kappa shape index (κ3) is 6.46. The summed E-state index contributed by atoms with van der Waals surface area (Å²) in [6, 6.07) is 16.3. The van der Waals surface area contributed by atoms with E-state index in [1.807, 2.05) is 12.1 Å². The summed E-state index contributed by atoms with van der Waals surface area (Å²) in [4.78, 5) is 35.0. The van der Waals surface area contributed by atoms with E-state index in [-0.39, 0.29) is 13.0 Å². The Morgan fingerprint density at radius 1 is 1.07 bits per heavy atom. The Labute approximate surface area is 161 Å². The smallest absolute Gasteiger partial charge is 0.407 e. The summed E-state index contributed by atoms with van der Waals surface area (Å²) in [6.07, 6.45) is -0.843. The van der Waals surface area contributed by atoms with E-state index < -0.39 is 30.6 Å². The van der Waals surface area contributed by atoms with Gasteiger partial charge >= 0.3 is 12.1 Å². The molecule has 3 N–H and O–H groups in total. The van der Waals surface area contributed by atoms with Gasteiger partial charge in [-0.1, -0.05) is 48.5 Å². The number of alkyl carbamates (subject to hydrolysis) is 1. The molecular formula is C20H19N3O5. The molecule has 0 heterocycles. The number of nitriles is 1. The molecule has 0 fully saturated rings. The van der Waals surface area contributed by atoms with Crippen molar-refractivity contribution in [2.75, 3.05) is 6.54 Å². The maximum atomic E-state index is 12.0. The van der Waals surface area contributed by atoms with Crippen molar-refractivity contribution in [1.82, 2.24) is 10.6 Å². The molecule has 2 rings (SSSR count). The molecule has 0 radical (unpaired) electrons. The third-order valence-electron chi connectivity index (χ3n) is 3.80. The number of carbonyl (C=O) groups excluding carboxylic acids is 2. The van der Waals surface area contributed by atoms with Crippen molar-refractivity contribution < 1.29 is 24.2 Å². The maximum Gasteiger partial charge on any atom is 0.407 e. The normalized spacial score (nSPS) is 11.0. The van der Waals surface area contributed by atoms with E-state index >= 15 is 0 Å². The summed E-state index contributed by atoms with van der Waals surface area (Å²) in [7, 11) is 0. The Balaban J connectivity index is 1.82. The van der Waals surface area contributed by atoms with Crippen LogP contribution in [0.3, 0.4) is 0 Å². The van der Waals surface area contributed by atoms with Crippen molar-refractivity contribution in [3.05, 3.63) is 71.3 Å². The number of hydrogen-bond acceptors (Lipinski definition) is 5. The molecule has 0 unspecified atom stereocenters. The molecule has 28 heavy (non-hydrogen) atoms. The molecule has 2 amide bonds. The van der Waals surface area contributed by atoms with Crippen molar-refractivity contribution in [3.8, 4) is 6.07 Å². The Bertz CT molecular complexity index is 877. The van der Waals surface area contributed by atoms with Crippen LogP contribution in [0.5, 0.6) is 0 Å². The molecule has 0 aromatic heterocycles. The van der Waals surface area contributed by atoms with Crippen molar-refractivity contribution in [3.63, 3.8) is 0 Å². The second kappa shape index (κ2) is 10.3. The largest absolute Gasteiger partial charge is 0.480 e. The number of hydrogen-bond donors (Lipinski definition) is 3. The molecule has 1 atom stereocenters. The number of amides is 2. The topological polar surface area (TPSA) is 129 Å². The predicted molar refractivity (Wildman–Crippen MR) is 99.1 cm³/mol. The molecular weight excluding hydrogens is 362 g/mol. The number of rotatable bonds is 8. The van der Waals surface area contributed by atoms with Gasteiger partial charge in [0, 0.05) is 6.42 Å². The molecule has 2 aromatic rings. The highest BCUT2D eigenvalue weighted by Gasteiger charge is 2.22. The van der Waals surface area contributed by atoms with Gasteiger partial charge in [-0.25, -0.2) is 9.59 Å². The van der Waals surface area contributed by atoms with E-state index in [2.05, 4.69) is 10.6 Å². The molecule has 0 aliphatic rings. The highest BCUT2D eigenvalue weighted by Crippen LogP contribution is 2.10. The van der Waals surface area contributed by atoms with Gasteiger partial charge in [0.05, 0.1) is 11.6 Å². The summed E-state index contributed by atoms with van der Waals surface area (Å²) in [5.74, 6) is -1.92. The van der Waals surface area contributed by atoms with Gasteiger partial charge in [0.2, 0.25) is 5.91 Å². The number of ether oxygens (including phenoxy) is 1. The quantitative estimate of drug-likeness (QED) is 0.637. The lowest BCUT2D eigenvalue weighted by molar-refractivity contribution is -0.141. The van der Waals surface area contributed by atoms with Crippen LogP contribution in [0, 0.1) is 11.3 Å². The molecule has 0 bridgehead atoms. The fraction of sp³-hybridized carbons (Fsp3) is 0.200. The number of carboxylic acid groups (broad SMARTS) is 1. The molecule has 144 valence electrons. The van der Waals surface area contributed by atoms with Gasteiger partial charge in [-0.2, -0.15) is 5.26 Å². The van der Waals surface area contributed by atoms with Crippen LogP contribution in [-0.4, -0.2) is 35.7 Å². The molecule has 0 spiro atoms. The highest BCUT2D eigenvalue weighted by molar-refractivity contribution is 5.86. The number of carbonyl (C=O) groups is 3. The highest BCUT2D eigenvalue weighted by atomic mass is 16.5. The molecule has 2 aromatic carbocycles. The number of aliphatic carboxylic acids is 1. The molecule has 0 aliphatic carbocycles. The van der Waals surface area contributed by atoms with E-state index in [4.69, 9.17) is 10.00 Å². The van der Waals surface area contributed by atoms with Crippen LogP contribution in [0.15, 0.2) is 54.6 Å². The summed E-state index contributed by atoms with van der Waals surface area (Å²) in [5, 5.41) is 23.0. The summed E-state index contributed by atoms with van der Waals surface area (Å²) < 4.78 is 4.97. The lowest BCUT2D eigenvalue weighted by Crippen LogP contribution is -2.46. The molecule has 0 aliphatic heterocycles. The van der Waals surface area contributed by atoms with E-state index in [1.165, 1.54) is 0 Å². The second-order valence-electron chi connectivity index (χ2n) is 5.85. The second-order valence-corrected chi connectivity index (χ2v) is 5.85.